The Morgan fingerprint density at radius 3 is 2.82 bits per heavy atom. The van der Waals surface area contributed by atoms with Crippen LogP contribution >= 0.6 is 22.7 Å². The molecule has 0 unspecified atom stereocenters. The van der Waals surface area contributed by atoms with Gasteiger partial charge in [0.1, 0.15) is 15.5 Å². The maximum Gasteiger partial charge on any atom is 0.349 e. The molecule has 176 valence electrons. The Morgan fingerprint density at radius 1 is 1.24 bits per heavy atom. The van der Waals surface area contributed by atoms with E-state index in [9.17, 15) is 14.4 Å². The van der Waals surface area contributed by atoms with Crippen molar-refractivity contribution in [2.24, 2.45) is 0 Å². The van der Waals surface area contributed by atoms with Crippen LogP contribution in [-0.2, 0) is 30.7 Å². The highest BCUT2D eigenvalue weighted by Crippen LogP contribution is 2.29. The summed E-state index contributed by atoms with van der Waals surface area (Å²) in [5.41, 5.74) is 2.92. The Hall–Kier alpha value is -3.04. The quantitative estimate of drug-likeness (QED) is 0.279. The van der Waals surface area contributed by atoms with Crippen molar-refractivity contribution < 1.29 is 14.3 Å². The lowest BCUT2D eigenvalue weighted by Crippen LogP contribution is -2.20. The van der Waals surface area contributed by atoms with E-state index in [2.05, 4.69) is 21.0 Å². The van der Waals surface area contributed by atoms with Gasteiger partial charge in [0.2, 0.25) is 5.78 Å². The maximum atomic E-state index is 12.9. The predicted octanol–water partition coefficient (Wildman–Crippen LogP) is 4.47. The Bertz CT molecular complexity index is 1470. The van der Waals surface area contributed by atoms with E-state index in [1.54, 1.807) is 22.8 Å². The van der Waals surface area contributed by atoms with Crippen LogP contribution < -0.4 is 5.56 Å². The molecule has 7 nitrogen and oxygen atoms in total. The molecule has 0 aromatic carbocycles. The molecule has 0 N–H and O–H groups in total. The summed E-state index contributed by atoms with van der Waals surface area (Å²) in [4.78, 5) is 45.3. The molecule has 5 heterocycles. The van der Waals surface area contributed by atoms with Crippen LogP contribution in [0.2, 0.25) is 0 Å². The molecule has 4 aromatic heterocycles. The summed E-state index contributed by atoms with van der Waals surface area (Å²) in [5.74, 6) is -0.0621. The number of nitrogens with zero attached hydrogens (tertiary/aromatic N) is 3. The summed E-state index contributed by atoms with van der Waals surface area (Å²) in [6, 6.07) is 6.01. The van der Waals surface area contributed by atoms with Crippen molar-refractivity contribution in [2.75, 3.05) is 6.61 Å². The highest BCUT2D eigenvalue weighted by atomic mass is 32.1. The molecule has 0 spiro atoms. The van der Waals surface area contributed by atoms with Gasteiger partial charge in [-0.05, 0) is 56.7 Å². The van der Waals surface area contributed by atoms with E-state index in [4.69, 9.17) is 4.74 Å². The van der Waals surface area contributed by atoms with Crippen LogP contribution in [-0.4, -0.2) is 32.5 Å². The highest BCUT2D eigenvalue weighted by Gasteiger charge is 2.25. The molecule has 5 rings (SSSR count). The third-order valence-electron chi connectivity index (χ3n) is 6.47. The van der Waals surface area contributed by atoms with Crippen LogP contribution in [0.5, 0.6) is 0 Å². The van der Waals surface area contributed by atoms with E-state index in [0.717, 1.165) is 54.4 Å². The van der Waals surface area contributed by atoms with Crippen LogP contribution in [0.15, 0.2) is 28.4 Å². The Morgan fingerprint density at radius 2 is 2.06 bits per heavy atom. The third kappa shape index (κ3) is 3.92. The highest BCUT2D eigenvalue weighted by molar-refractivity contribution is 7.20. The summed E-state index contributed by atoms with van der Waals surface area (Å²) in [6.45, 7) is 6.75. The third-order valence-corrected chi connectivity index (χ3v) is 8.57. The predicted molar refractivity (Wildman–Crippen MR) is 133 cm³/mol. The number of hydrogen-bond acceptors (Lipinski definition) is 7. The summed E-state index contributed by atoms with van der Waals surface area (Å²) < 4.78 is 9.21. The first kappa shape index (κ1) is 22.7. The Balaban J connectivity index is 1.30. The summed E-state index contributed by atoms with van der Waals surface area (Å²) in [5, 5.41) is 2.54. The smallest absolute Gasteiger partial charge is 0.349 e. The molecule has 1 aliphatic heterocycles. The number of fused-ring (bicyclic) bond motifs is 2. The van der Waals surface area contributed by atoms with Gasteiger partial charge in [0.05, 0.1) is 5.39 Å². The summed E-state index contributed by atoms with van der Waals surface area (Å²) >= 11 is 2.88. The van der Waals surface area contributed by atoms with Crippen molar-refractivity contribution in [1.29, 1.82) is 0 Å². The molecule has 0 amide bonds. The minimum absolute atomic E-state index is 0.101. The number of carbonyl (C=O) groups excluding carboxylic acids is 2. The standard InChI is InChI=1S/C25H25N3O4S2/c1-14-12-18(16(3)27(14)10-8-17-6-5-11-33-17)19(29)13-32-25(31)22-15(2)21-23(34-22)26-20-7-4-9-28(20)24(21)30/h5-6,11-12H,4,7-10,13H2,1-3H3. The van der Waals surface area contributed by atoms with Crippen molar-refractivity contribution in [1.82, 2.24) is 14.1 Å². The van der Waals surface area contributed by atoms with Gasteiger partial charge >= 0.3 is 5.97 Å². The van der Waals surface area contributed by atoms with E-state index in [0.29, 0.717) is 32.8 Å². The number of thiophene rings is 2. The fraction of sp³-hybridized carbons (Fsp3) is 0.360. The molecular weight excluding hydrogens is 470 g/mol. The van der Waals surface area contributed by atoms with Gasteiger partial charge in [-0.3, -0.25) is 14.2 Å². The SMILES string of the molecule is Cc1c(C(=O)OCC(=O)c2cc(C)n(CCc3cccs3)c2C)sc2nc3n(c(=O)c12)CCC3. The number of ketones is 1. The number of Topliss-reactive ketones (excluding diaryl/α,β-unsaturated/α-hetero) is 1. The zero-order chi connectivity index (χ0) is 24.0. The van der Waals surface area contributed by atoms with Crippen molar-refractivity contribution in [2.45, 2.75) is 53.1 Å². The molecule has 0 radical (unpaired) electrons. The largest absolute Gasteiger partial charge is 0.453 e. The van der Waals surface area contributed by atoms with Crippen molar-refractivity contribution in [3.8, 4) is 0 Å². The number of carbonyl (C=O) groups is 2. The summed E-state index contributed by atoms with van der Waals surface area (Å²) in [7, 11) is 0. The molecule has 0 saturated carbocycles. The van der Waals surface area contributed by atoms with Crippen molar-refractivity contribution in [3.05, 3.63) is 72.0 Å². The van der Waals surface area contributed by atoms with Crippen LogP contribution in [0.1, 0.15) is 54.1 Å². The lowest BCUT2D eigenvalue weighted by Gasteiger charge is -2.09. The fourth-order valence-corrected chi connectivity index (χ4v) is 6.43. The van der Waals surface area contributed by atoms with Crippen molar-refractivity contribution in [3.63, 3.8) is 0 Å². The van der Waals surface area contributed by atoms with Crippen molar-refractivity contribution >= 4 is 44.6 Å². The Labute approximate surface area is 204 Å². The minimum Gasteiger partial charge on any atom is -0.453 e. The van der Waals surface area contributed by atoms with Crippen LogP contribution in [0.3, 0.4) is 0 Å². The van der Waals surface area contributed by atoms with Gasteiger partial charge in [-0.25, -0.2) is 9.78 Å². The van der Waals surface area contributed by atoms with E-state index >= 15 is 0 Å². The first-order valence-corrected chi connectivity index (χ1v) is 13.0. The topological polar surface area (TPSA) is 83.2 Å². The second-order valence-corrected chi connectivity index (χ2v) is 10.6. The van der Waals surface area contributed by atoms with Gasteiger partial charge < -0.3 is 9.30 Å². The molecule has 34 heavy (non-hydrogen) atoms. The molecule has 0 atom stereocenters. The average Bonchev–Trinajstić information content (AvgIpc) is 3.59. The number of aromatic nitrogens is 3. The minimum atomic E-state index is -0.593. The zero-order valence-electron chi connectivity index (χ0n) is 19.3. The number of rotatable bonds is 7. The molecule has 0 saturated heterocycles. The molecule has 0 bridgehead atoms. The summed E-state index contributed by atoms with van der Waals surface area (Å²) in [6.07, 6.45) is 2.58. The fourth-order valence-electron chi connectivity index (χ4n) is 4.65. The molecule has 4 aromatic rings. The number of esters is 1. The van der Waals surface area contributed by atoms with E-state index < -0.39 is 5.97 Å². The van der Waals surface area contributed by atoms with Crippen LogP contribution in [0, 0.1) is 20.8 Å². The van der Waals surface area contributed by atoms with Crippen LogP contribution in [0.4, 0.5) is 0 Å². The number of hydrogen-bond donors (Lipinski definition) is 0. The van der Waals surface area contributed by atoms with E-state index in [1.807, 2.05) is 26.0 Å². The van der Waals surface area contributed by atoms with Gasteiger partial charge in [-0.1, -0.05) is 6.07 Å². The monoisotopic (exact) mass is 495 g/mol. The lowest BCUT2D eigenvalue weighted by molar-refractivity contribution is 0.0479. The first-order valence-electron chi connectivity index (χ1n) is 11.3. The van der Waals surface area contributed by atoms with E-state index in [-0.39, 0.29) is 17.9 Å². The number of aryl methyl sites for hydroxylation is 4. The molecule has 0 fully saturated rings. The lowest BCUT2D eigenvalue weighted by atomic mass is 10.1. The second-order valence-electron chi connectivity index (χ2n) is 8.59. The molecular formula is C25H25N3O4S2. The van der Waals surface area contributed by atoms with Crippen LogP contribution in [0.25, 0.3) is 10.2 Å². The van der Waals surface area contributed by atoms with Gasteiger partial charge in [0.25, 0.3) is 5.56 Å². The zero-order valence-corrected chi connectivity index (χ0v) is 21.0. The van der Waals surface area contributed by atoms with Gasteiger partial charge in [-0.2, -0.15) is 0 Å². The number of ether oxygens (including phenoxy) is 1. The first-order chi connectivity index (χ1) is 16.3. The second kappa shape index (κ2) is 8.96. The molecule has 0 aliphatic carbocycles. The van der Waals surface area contributed by atoms with Gasteiger partial charge in [-0.15, -0.1) is 22.7 Å². The molecule has 9 heteroatoms. The maximum absolute atomic E-state index is 12.9. The van der Waals surface area contributed by atoms with Gasteiger partial charge in [0.15, 0.2) is 6.61 Å². The Kier molecular flexibility index (Phi) is 5.99. The van der Waals surface area contributed by atoms with Gasteiger partial charge in [0, 0.05) is 41.3 Å². The average molecular weight is 496 g/mol. The van der Waals surface area contributed by atoms with E-state index in [1.165, 1.54) is 4.88 Å². The molecule has 1 aliphatic rings. The normalized spacial score (nSPS) is 12.9.